The highest BCUT2D eigenvalue weighted by Crippen LogP contribution is 2.33. The molecule has 0 radical (unpaired) electrons. The standard InChI is InChI=1S/C29H27Cl2N5O3S/c1-16-10-25-26(11-17(16)2)35-28(34-25)21(18-6-4-3-5-7-18)14-32-29(37)27-22(30)12-19(13-23(27)31)20-15-33-36-24(20)8-9-40(38)39/h3-7,10-13,15,21,40H,8-9,14H2,1-2H3,(H,32,37)(H,33,36)(H,34,35). The monoisotopic (exact) mass is 595 g/mol. The summed E-state index contributed by atoms with van der Waals surface area (Å²) in [5.74, 6) is 0.0608. The van der Waals surface area contributed by atoms with Gasteiger partial charge >= 0.3 is 0 Å². The summed E-state index contributed by atoms with van der Waals surface area (Å²) in [4.78, 5) is 21.6. The molecule has 0 aliphatic carbocycles. The van der Waals surface area contributed by atoms with Crippen molar-refractivity contribution >= 4 is 50.8 Å². The number of amides is 1. The lowest BCUT2D eigenvalue weighted by Crippen LogP contribution is -2.29. The lowest BCUT2D eigenvalue weighted by Gasteiger charge is -2.17. The number of aromatic nitrogens is 4. The molecule has 5 aromatic rings. The maximum absolute atomic E-state index is 13.4. The van der Waals surface area contributed by atoms with E-state index >= 15 is 0 Å². The number of imidazole rings is 1. The van der Waals surface area contributed by atoms with Crippen LogP contribution >= 0.6 is 23.2 Å². The molecule has 0 spiro atoms. The number of carbonyl (C=O) groups excluding carboxylic acids is 1. The molecular weight excluding hydrogens is 569 g/mol. The van der Waals surface area contributed by atoms with E-state index in [0.717, 1.165) is 28.0 Å². The Labute approximate surface area is 243 Å². The van der Waals surface area contributed by atoms with Crippen LogP contribution < -0.4 is 5.32 Å². The average molecular weight is 597 g/mol. The summed E-state index contributed by atoms with van der Waals surface area (Å²) >= 11 is 13.1. The van der Waals surface area contributed by atoms with Crippen molar-refractivity contribution in [3.8, 4) is 11.1 Å². The Kier molecular flexibility index (Phi) is 8.25. The number of nitrogens with one attached hydrogen (secondary N) is 3. The number of aryl methyl sites for hydroxylation is 3. The van der Waals surface area contributed by atoms with Crippen molar-refractivity contribution in [3.63, 3.8) is 0 Å². The van der Waals surface area contributed by atoms with Crippen LogP contribution in [0.2, 0.25) is 10.0 Å². The van der Waals surface area contributed by atoms with E-state index < -0.39 is 16.6 Å². The Morgan fingerprint density at radius 2 is 1.73 bits per heavy atom. The number of hydrogen-bond donors (Lipinski definition) is 4. The largest absolute Gasteiger partial charge is 0.351 e. The van der Waals surface area contributed by atoms with E-state index in [1.165, 1.54) is 5.56 Å². The number of aromatic amines is 2. The first-order valence-corrected chi connectivity index (χ1v) is 14.8. The van der Waals surface area contributed by atoms with Gasteiger partial charge in [0, 0.05) is 24.7 Å². The zero-order chi connectivity index (χ0) is 28.4. The zero-order valence-electron chi connectivity index (χ0n) is 21.8. The number of fused-ring (bicyclic) bond motifs is 1. The molecule has 2 aromatic heterocycles. The van der Waals surface area contributed by atoms with Gasteiger partial charge in [-0.05, 0) is 60.4 Å². The molecule has 0 aliphatic heterocycles. The molecule has 0 bridgehead atoms. The van der Waals surface area contributed by atoms with E-state index in [-0.39, 0.29) is 40.2 Å². The highest BCUT2D eigenvalue weighted by atomic mass is 35.5. The van der Waals surface area contributed by atoms with Crippen LogP contribution in [0.15, 0.2) is 60.8 Å². The molecule has 5 rings (SSSR count). The first kappa shape index (κ1) is 27.9. The third-order valence-electron chi connectivity index (χ3n) is 6.95. The topological polar surface area (TPSA) is 121 Å². The predicted molar refractivity (Wildman–Crippen MR) is 159 cm³/mol. The van der Waals surface area contributed by atoms with Gasteiger partial charge in [0.1, 0.15) is 16.5 Å². The molecule has 11 heteroatoms. The van der Waals surface area contributed by atoms with Crippen LogP contribution in [-0.2, 0) is 17.1 Å². The van der Waals surface area contributed by atoms with E-state index in [0.29, 0.717) is 16.8 Å². The minimum Gasteiger partial charge on any atom is -0.351 e. The average Bonchev–Trinajstić information content (AvgIpc) is 3.55. The van der Waals surface area contributed by atoms with Gasteiger partial charge in [0.2, 0.25) is 0 Å². The van der Waals surface area contributed by atoms with Crippen molar-refractivity contribution in [2.24, 2.45) is 0 Å². The Morgan fingerprint density at radius 1 is 1.02 bits per heavy atom. The van der Waals surface area contributed by atoms with E-state index in [1.54, 1.807) is 18.3 Å². The van der Waals surface area contributed by atoms with Crippen LogP contribution in [0.3, 0.4) is 0 Å². The van der Waals surface area contributed by atoms with Crippen molar-refractivity contribution in [1.82, 2.24) is 25.5 Å². The number of thiol groups is 1. The van der Waals surface area contributed by atoms with Gasteiger partial charge in [-0.1, -0.05) is 53.5 Å². The Balaban J connectivity index is 1.41. The maximum Gasteiger partial charge on any atom is 0.254 e. The molecule has 2 heterocycles. The first-order valence-electron chi connectivity index (χ1n) is 12.6. The molecule has 0 saturated heterocycles. The zero-order valence-corrected chi connectivity index (χ0v) is 24.2. The lowest BCUT2D eigenvalue weighted by molar-refractivity contribution is 0.0952. The van der Waals surface area contributed by atoms with Gasteiger partial charge < -0.3 is 10.3 Å². The number of halogens is 2. The highest BCUT2D eigenvalue weighted by molar-refractivity contribution is 7.72. The summed E-state index contributed by atoms with van der Waals surface area (Å²) in [6, 6.07) is 17.2. The Morgan fingerprint density at radius 3 is 2.42 bits per heavy atom. The van der Waals surface area contributed by atoms with Crippen molar-refractivity contribution in [2.45, 2.75) is 26.2 Å². The summed E-state index contributed by atoms with van der Waals surface area (Å²) in [5.41, 5.74) is 7.16. The fourth-order valence-corrected chi connectivity index (χ4v) is 5.75. The summed E-state index contributed by atoms with van der Waals surface area (Å²) in [6.45, 7) is 4.37. The fraction of sp³-hybridized carbons (Fsp3) is 0.207. The maximum atomic E-state index is 13.4. The minimum atomic E-state index is -2.53. The molecule has 0 saturated carbocycles. The van der Waals surface area contributed by atoms with Crippen molar-refractivity contribution < 1.29 is 13.2 Å². The minimum absolute atomic E-state index is 0.0256. The number of H-pyrrole nitrogens is 2. The fourth-order valence-electron chi connectivity index (χ4n) is 4.70. The third-order valence-corrected chi connectivity index (χ3v) is 8.13. The quantitative estimate of drug-likeness (QED) is 0.165. The molecule has 3 N–H and O–H groups in total. The number of benzene rings is 3. The van der Waals surface area contributed by atoms with Gasteiger partial charge in [0.25, 0.3) is 5.91 Å². The van der Waals surface area contributed by atoms with Crippen molar-refractivity contribution in [3.05, 3.63) is 105 Å². The molecule has 8 nitrogen and oxygen atoms in total. The summed E-state index contributed by atoms with van der Waals surface area (Å²) < 4.78 is 22.1. The second-order valence-electron chi connectivity index (χ2n) is 9.62. The van der Waals surface area contributed by atoms with Gasteiger partial charge in [-0.15, -0.1) is 0 Å². The predicted octanol–water partition coefficient (Wildman–Crippen LogP) is 5.59. The summed E-state index contributed by atoms with van der Waals surface area (Å²) in [5, 5.41) is 10.2. The van der Waals surface area contributed by atoms with Crippen LogP contribution in [0.5, 0.6) is 0 Å². The van der Waals surface area contributed by atoms with E-state index in [4.69, 9.17) is 28.2 Å². The van der Waals surface area contributed by atoms with Gasteiger partial charge in [-0.2, -0.15) is 5.10 Å². The van der Waals surface area contributed by atoms with Crippen molar-refractivity contribution in [2.75, 3.05) is 12.3 Å². The lowest BCUT2D eigenvalue weighted by atomic mass is 9.98. The molecule has 1 atom stereocenters. The second-order valence-corrected chi connectivity index (χ2v) is 11.5. The molecule has 206 valence electrons. The molecule has 1 amide bonds. The molecule has 0 fully saturated rings. The van der Waals surface area contributed by atoms with Crippen molar-refractivity contribution in [1.29, 1.82) is 0 Å². The van der Waals surface area contributed by atoms with Crippen LogP contribution in [0, 0.1) is 13.8 Å². The summed E-state index contributed by atoms with van der Waals surface area (Å²) in [6.07, 6.45) is 1.90. The van der Waals surface area contributed by atoms with Gasteiger partial charge in [-0.3, -0.25) is 9.89 Å². The van der Waals surface area contributed by atoms with E-state index in [2.05, 4.69) is 46.5 Å². The number of hydrogen-bond acceptors (Lipinski definition) is 5. The number of rotatable bonds is 9. The third kappa shape index (κ3) is 5.91. The van der Waals surface area contributed by atoms with Crippen LogP contribution in [-0.4, -0.2) is 46.8 Å². The molecule has 40 heavy (non-hydrogen) atoms. The van der Waals surface area contributed by atoms with E-state index in [1.807, 2.05) is 30.3 Å². The molecular formula is C29H27Cl2N5O3S. The Bertz CT molecular complexity index is 1710. The normalized spacial score (nSPS) is 12.2. The molecule has 3 aromatic carbocycles. The first-order chi connectivity index (χ1) is 19.2. The molecule has 0 aliphatic rings. The Hall–Kier alpha value is -3.66. The van der Waals surface area contributed by atoms with Crippen LogP contribution in [0.4, 0.5) is 0 Å². The second kappa shape index (κ2) is 11.8. The van der Waals surface area contributed by atoms with Crippen LogP contribution in [0.25, 0.3) is 22.2 Å². The number of carbonyl (C=O) groups is 1. The van der Waals surface area contributed by atoms with Gasteiger partial charge in [0.15, 0.2) is 0 Å². The van der Waals surface area contributed by atoms with E-state index in [9.17, 15) is 13.2 Å². The SMILES string of the molecule is Cc1cc2nc(C(CNC(=O)c3c(Cl)cc(-c4c[nH]nc4CC[SH](=O)=O)cc3Cl)c3ccccc3)[nH]c2cc1C. The highest BCUT2D eigenvalue weighted by Gasteiger charge is 2.23. The van der Waals surface area contributed by atoms with Gasteiger partial charge in [0.05, 0.1) is 44.0 Å². The smallest absolute Gasteiger partial charge is 0.254 e. The van der Waals surface area contributed by atoms with Gasteiger partial charge in [-0.25, -0.2) is 13.4 Å². The van der Waals surface area contributed by atoms with Crippen LogP contribution in [0.1, 0.15) is 44.5 Å². The summed E-state index contributed by atoms with van der Waals surface area (Å²) in [7, 11) is -2.53. The number of nitrogens with zero attached hydrogens (tertiary/aromatic N) is 2. The molecule has 1 unspecified atom stereocenters.